The van der Waals surface area contributed by atoms with Crippen LogP contribution in [0.25, 0.3) is 0 Å². The van der Waals surface area contributed by atoms with E-state index >= 15 is 0 Å². The Morgan fingerprint density at radius 3 is 2.62 bits per heavy atom. The van der Waals surface area contributed by atoms with Crippen molar-refractivity contribution in [2.24, 2.45) is 0 Å². The lowest BCUT2D eigenvalue weighted by Crippen LogP contribution is -2.02. The molecule has 1 saturated carbocycles. The first-order valence-corrected chi connectivity index (χ1v) is 6.07. The average molecular weight is 218 g/mol. The SMILES string of the molecule is O=C(O)CCc1ccccc1C1CCCC1. The van der Waals surface area contributed by atoms with Crippen LogP contribution in [0, 0.1) is 0 Å². The van der Waals surface area contributed by atoms with E-state index in [9.17, 15) is 4.79 Å². The van der Waals surface area contributed by atoms with Crippen molar-refractivity contribution in [1.29, 1.82) is 0 Å². The van der Waals surface area contributed by atoms with Gasteiger partial charge in [0.1, 0.15) is 0 Å². The van der Waals surface area contributed by atoms with E-state index in [0.717, 1.165) is 0 Å². The molecule has 16 heavy (non-hydrogen) atoms. The molecule has 1 aliphatic rings. The van der Waals surface area contributed by atoms with Gasteiger partial charge in [-0.05, 0) is 36.3 Å². The fourth-order valence-corrected chi connectivity index (χ4v) is 2.64. The Bertz CT molecular complexity index is 365. The third-order valence-corrected chi connectivity index (χ3v) is 3.46. The number of rotatable bonds is 4. The number of aliphatic carboxylic acids is 1. The average Bonchev–Trinajstić information content (AvgIpc) is 2.80. The Morgan fingerprint density at radius 2 is 1.94 bits per heavy atom. The highest BCUT2D eigenvalue weighted by molar-refractivity contribution is 5.67. The van der Waals surface area contributed by atoms with Crippen LogP contribution < -0.4 is 0 Å². The van der Waals surface area contributed by atoms with Crippen molar-refractivity contribution in [3.05, 3.63) is 35.4 Å². The lowest BCUT2D eigenvalue weighted by atomic mass is 9.91. The van der Waals surface area contributed by atoms with Crippen LogP contribution in [0.2, 0.25) is 0 Å². The Morgan fingerprint density at radius 1 is 1.25 bits per heavy atom. The van der Waals surface area contributed by atoms with Crippen LogP contribution in [0.1, 0.15) is 49.1 Å². The number of benzene rings is 1. The van der Waals surface area contributed by atoms with Crippen LogP contribution in [0.15, 0.2) is 24.3 Å². The van der Waals surface area contributed by atoms with Gasteiger partial charge in [-0.25, -0.2) is 0 Å². The molecule has 0 aromatic heterocycles. The van der Waals surface area contributed by atoms with Crippen molar-refractivity contribution in [3.63, 3.8) is 0 Å². The summed E-state index contributed by atoms with van der Waals surface area (Å²) in [5.74, 6) is -0.0359. The highest BCUT2D eigenvalue weighted by Gasteiger charge is 2.19. The molecular formula is C14H18O2. The van der Waals surface area contributed by atoms with E-state index in [-0.39, 0.29) is 6.42 Å². The molecule has 1 N–H and O–H groups in total. The molecule has 86 valence electrons. The summed E-state index contributed by atoms with van der Waals surface area (Å²) in [4.78, 5) is 10.6. The largest absolute Gasteiger partial charge is 0.481 e. The molecule has 1 aromatic rings. The maximum absolute atomic E-state index is 10.6. The van der Waals surface area contributed by atoms with Crippen LogP contribution in [0.5, 0.6) is 0 Å². The van der Waals surface area contributed by atoms with Crippen molar-refractivity contribution in [1.82, 2.24) is 0 Å². The van der Waals surface area contributed by atoms with E-state index < -0.39 is 5.97 Å². The number of carboxylic acids is 1. The second-order valence-corrected chi connectivity index (χ2v) is 4.57. The van der Waals surface area contributed by atoms with Gasteiger partial charge in [0.25, 0.3) is 0 Å². The Hall–Kier alpha value is -1.31. The third kappa shape index (κ3) is 2.63. The Balaban J connectivity index is 2.13. The minimum absolute atomic E-state index is 0.240. The molecule has 0 radical (unpaired) electrons. The molecule has 0 atom stereocenters. The number of hydrogen-bond donors (Lipinski definition) is 1. The van der Waals surface area contributed by atoms with Crippen LogP contribution >= 0.6 is 0 Å². The van der Waals surface area contributed by atoms with Crippen molar-refractivity contribution >= 4 is 5.97 Å². The Labute approximate surface area is 96.3 Å². The minimum Gasteiger partial charge on any atom is -0.481 e. The van der Waals surface area contributed by atoms with E-state index in [2.05, 4.69) is 18.2 Å². The predicted octanol–water partition coefficient (Wildman–Crippen LogP) is 3.36. The van der Waals surface area contributed by atoms with Gasteiger partial charge >= 0.3 is 5.97 Å². The van der Waals surface area contributed by atoms with E-state index in [1.54, 1.807) is 0 Å². The number of carbonyl (C=O) groups is 1. The quantitative estimate of drug-likeness (QED) is 0.841. The summed E-state index contributed by atoms with van der Waals surface area (Å²) >= 11 is 0. The lowest BCUT2D eigenvalue weighted by molar-refractivity contribution is -0.136. The molecule has 0 spiro atoms. The van der Waals surface area contributed by atoms with Gasteiger partial charge in [-0.1, -0.05) is 37.1 Å². The lowest BCUT2D eigenvalue weighted by Gasteiger charge is -2.14. The zero-order valence-electron chi connectivity index (χ0n) is 9.48. The molecule has 0 unspecified atom stereocenters. The molecule has 2 nitrogen and oxygen atoms in total. The van der Waals surface area contributed by atoms with Crippen molar-refractivity contribution in [2.45, 2.75) is 44.4 Å². The molecule has 1 aliphatic carbocycles. The molecule has 0 heterocycles. The van der Waals surface area contributed by atoms with Gasteiger partial charge in [-0.15, -0.1) is 0 Å². The van der Waals surface area contributed by atoms with Gasteiger partial charge in [-0.2, -0.15) is 0 Å². The molecule has 2 rings (SSSR count). The molecule has 2 heteroatoms. The monoisotopic (exact) mass is 218 g/mol. The van der Waals surface area contributed by atoms with Gasteiger partial charge in [0.15, 0.2) is 0 Å². The maximum Gasteiger partial charge on any atom is 0.303 e. The Kier molecular flexibility index (Phi) is 3.60. The second-order valence-electron chi connectivity index (χ2n) is 4.57. The maximum atomic E-state index is 10.6. The molecule has 0 amide bonds. The summed E-state index contributed by atoms with van der Waals surface area (Å²) in [5.41, 5.74) is 2.62. The molecule has 0 bridgehead atoms. The van der Waals surface area contributed by atoms with Crippen LogP contribution in [0.4, 0.5) is 0 Å². The van der Waals surface area contributed by atoms with Gasteiger partial charge in [0, 0.05) is 6.42 Å². The van der Waals surface area contributed by atoms with Crippen molar-refractivity contribution in [3.8, 4) is 0 Å². The van der Waals surface area contributed by atoms with Gasteiger partial charge < -0.3 is 5.11 Å². The summed E-state index contributed by atoms with van der Waals surface area (Å²) in [6.07, 6.45) is 6.08. The standard InChI is InChI=1S/C14H18O2/c15-14(16)10-9-12-7-3-4-8-13(12)11-5-1-2-6-11/h3-4,7-8,11H,1-2,5-6,9-10H2,(H,15,16). The summed E-state index contributed by atoms with van der Waals surface area (Å²) in [7, 11) is 0. The van der Waals surface area contributed by atoms with Gasteiger partial charge in [0.05, 0.1) is 0 Å². The number of hydrogen-bond acceptors (Lipinski definition) is 1. The smallest absolute Gasteiger partial charge is 0.303 e. The summed E-state index contributed by atoms with van der Waals surface area (Å²) in [6.45, 7) is 0. The van der Waals surface area contributed by atoms with Crippen LogP contribution in [-0.4, -0.2) is 11.1 Å². The molecule has 0 saturated heterocycles. The molecule has 0 aliphatic heterocycles. The highest BCUT2D eigenvalue weighted by atomic mass is 16.4. The van der Waals surface area contributed by atoms with Crippen molar-refractivity contribution in [2.75, 3.05) is 0 Å². The van der Waals surface area contributed by atoms with E-state index in [1.807, 2.05) is 6.07 Å². The first-order chi connectivity index (χ1) is 7.77. The number of aryl methyl sites for hydroxylation is 1. The van der Waals surface area contributed by atoms with E-state index in [0.29, 0.717) is 12.3 Å². The highest BCUT2D eigenvalue weighted by Crippen LogP contribution is 2.35. The van der Waals surface area contributed by atoms with Crippen molar-refractivity contribution < 1.29 is 9.90 Å². The zero-order valence-corrected chi connectivity index (χ0v) is 9.48. The zero-order chi connectivity index (χ0) is 11.4. The van der Waals surface area contributed by atoms with Crippen LogP contribution in [-0.2, 0) is 11.2 Å². The van der Waals surface area contributed by atoms with Gasteiger partial charge in [-0.3, -0.25) is 4.79 Å². The normalized spacial score (nSPS) is 16.5. The fourth-order valence-electron chi connectivity index (χ4n) is 2.64. The molecule has 1 fully saturated rings. The fraction of sp³-hybridized carbons (Fsp3) is 0.500. The first kappa shape index (κ1) is 11.2. The molecule has 1 aromatic carbocycles. The van der Waals surface area contributed by atoms with E-state index in [4.69, 9.17) is 5.11 Å². The summed E-state index contributed by atoms with van der Waals surface area (Å²) in [5, 5.41) is 8.73. The minimum atomic E-state index is -0.707. The molecular weight excluding hydrogens is 200 g/mol. The topological polar surface area (TPSA) is 37.3 Å². The second kappa shape index (κ2) is 5.15. The first-order valence-electron chi connectivity index (χ1n) is 6.07. The summed E-state index contributed by atoms with van der Waals surface area (Å²) in [6, 6.07) is 8.33. The third-order valence-electron chi connectivity index (χ3n) is 3.46. The van der Waals surface area contributed by atoms with Gasteiger partial charge in [0.2, 0.25) is 0 Å². The van der Waals surface area contributed by atoms with E-state index in [1.165, 1.54) is 36.8 Å². The summed E-state index contributed by atoms with van der Waals surface area (Å²) < 4.78 is 0. The van der Waals surface area contributed by atoms with Crippen LogP contribution in [0.3, 0.4) is 0 Å². The number of carboxylic acid groups (broad SMARTS) is 1. The predicted molar refractivity (Wildman–Crippen MR) is 63.6 cm³/mol.